The molecule has 0 radical (unpaired) electrons. The van der Waals surface area contributed by atoms with Gasteiger partial charge >= 0.3 is 6.18 Å². The van der Waals surface area contributed by atoms with Gasteiger partial charge in [0.2, 0.25) is 0 Å². The number of pyridine rings is 1. The molecule has 0 aromatic carbocycles. The number of aromatic amines is 1. The van der Waals surface area contributed by atoms with Crippen LogP contribution in [0.15, 0.2) is 18.5 Å². The van der Waals surface area contributed by atoms with E-state index < -0.39 is 12.6 Å². The number of H-pyrrole nitrogens is 1. The Balaban J connectivity index is 1.57. The summed E-state index contributed by atoms with van der Waals surface area (Å²) in [4.78, 5) is 9.35. The van der Waals surface area contributed by atoms with E-state index in [9.17, 15) is 18.4 Å². The molecule has 2 aromatic rings. The van der Waals surface area contributed by atoms with Gasteiger partial charge < -0.3 is 9.88 Å². The fourth-order valence-corrected chi connectivity index (χ4v) is 3.86. The molecular weight excluding hydrogens is 351 g/mol. The van der Waals surface area contributed by atoms with Gasteiger partial charge in [-0.15, -0.1) is 0 Å². The van der Waals surface area contributed by atoms with Crippen molar-refractivity contribution in [3.05, 3.63) is 24.0 Å². The summed E-state index contributed by atoms with van der Waals surface area (Å²) in [6.07, 6.45) is 0.122. The fraction of sp³-hybridized carbons (Fsp3) is 0.500. The Morgan fingerprint density at radius 2 is 2.24 bits per heavy atom. The van der Waals surface area contributed by atoms with Crippen molar-refractivity contribution in [2.45, 2.75) is 37.5 Å². The maximum Gasteiger partial charge on any atom is 0.389 e. The minimum atomic E-state index is -4.10. The first-order valence-electron chi connectivity index (χ1n) is 7.92. The second kappa shape index (κ2) is 7.14. The van der Waals surface area contributed by atoms with Crippen molar-refractivity contribution in [3.8, 4) is 6.07 Å². The molecule has 2 N–H and O–H groups in total. The Labute approximate surface area is 147 Å². The van der Waals surface area contributed by atoms with Crippen LogP contribution in [-0.2, 0) is 0 Å². The van der Waals surface area contributed by atoms with Crippen LogP contribution in [0.5, 0.6) is 0 Å². The number of aromatic nitrogens is 2. The monoisotopic (exact) mass is 369 g/mol. The zero-order valence-corrected chi connectivity index (χ0v) is 14.4. The molecule has 0 unspecified atom stereocenters. The van der Waals surface area contributed by atoms with E-state index in [1.54, 1.807) is 12.4 Å². The van der Waals surface area contributed by atoms with Crippen molar-refractivity contribution in [2.24, 2.45) is 0 Å². The Morgan fingerprint density at radius 3 is 2.92 bits per heavy atom. The summed E-state index contributed by atoms with van der Waals surface area (Å²) in [6, 6.07) is 4.52. The lowest BCUT2D eigenvalue weighted by Gasteiger charge is -2.42. The lowest BCUT2D eigenvalue weighted by atomic mass is 9.86. The quantitative estimate of drug-likeness (QED) is 0.602. The number of hydrogen-bond donors (Lipinski definition) is 2. The predicted molar refractivity (Wildman–Crippen MR) is 92.3 cm³/mol. The number of fused-ring (bicyclic) bond motifs is 1. The SMILES string of the molecule is CN(c1c(C#N)cnc2[nH]ccc12)C1CC(NSCCC(F)(F)F)C1. The average Bonchev–Trinajstić information content (AvgIpc) is 2.98. The molecule has 1 saturated carbocycles. The summed E-state index contributed by atoms with van der Waals surface area (Å²) < 4.78 is 39.5. The number of nitrogens with one attached hydrogen (secondary N) is 2. The Morgan fingerprint density at radius 1 is 1.48 bits per heavy atom. The summed E-state index contributed by atoms with van der Waals surface area (Å²) >= 11 is 1.13. The molecule has 1 aliphatic carbocycles. The van der Waals surface area contributed by atoms with Gasteiger partial charge in [0.25, 0.3) is 0 Å². The molecule has 0 spiro atoms. The van der Waals surface area contributed by atoms with Crippen molar-refractivity contribution in [1.82, 2.24) is 14.7 Å². The lowest BCUT2D eigenvalue weighted by Crippen LogP contribution is -2.50. The van der Waals surface area contributed by atoms with E-state index in [-0.39, 0.29) is 17.8 Å². The number of nitriles is 1. The molecular formula is C16H18F3N5S. The van der Waals surface area contributed by atoms with E-state index in [1.807, 2.05) is 13.1 Å². The highest BCUT2D eigenvalue weighted by molar-refractivity contribution is 7.97. The molecule has 1 aliphatic rings. The van der Waals surface area contributed by atoms with Gasteiger partial charge in [0.05, 0.1) is 17.7 Å². The highest BCUT2D eigenvalue weighted by Gasteiger charge is 2.34. The van der Waals surface area contributed by atoms with Crippen molar-refractivity contribution >= 4 is 28.7 Å². The maximum absolute atomic E-state index is 12.1. The van der Waals surface area contributed by atoms with Gasteiger partial charge in [0, 0.05) is 42.7 Å². The molecule has 25 heavy (non-hydrogen) atoms. The van der Waals surface area contributed by atoms with Gasteiger partial charge in [-0.1, -0.05) is 11.9 Å². The smallest absolute Gasteiger partial charge is 0.370 e. The van der Waals surface area contributed by atoms with Gasteiger partial charge in [-0.2, -0.15) is 18.4 Å². The van der Waals surface area contributed by atoms with E-state index >= 15 is 0 Å². The number of halogens is 3. The van der Waals surface area contributed by atoms with Crippen LogP contribution in [0.25, 0.3) is 11.0 Å². The van der Waals surface area contributed by atoms with Gasteiger partial charge in [-0.3, -0.25) is 4.72 Å². The molecule has 9 heteroatoms. The van der Waals surface area contributed by atoms with Crippen molar-refractivity contribution < 1.29 is 13.2 Å². The second-order valence-corrected chi connectivity index (χ2v) is 7.07. The maximum atomic E-state index is 12.1. The van der Waals surface area contributed by atoms with Crippen LogP contribution in [0.4, 0.5) is 18.9 Å². The van der Waals surface area contributed by atoms with Gasteiger partial charge in [-0.05, 0) is 18.9 Å². The van der Waals surface area contributed by atoms with Crippen LogP contribution in [0.2, 0.25) is 0 Å². The van der Waals surface area contributed by atoms with Crippen molar-refractivity contribution in [2.75, 3.05) is 17.7 Å². The van der Waals surface area contributed by atoms with Gasteiger partial charge in [-0.25, -0.2) is 4.98 Å². The van der Waals surface area contributed by atoms with Crippen LogP contribution < -0.4 is 9.62 Å². The summed E-state index contributed by atoms with van der Waals surface area (Å²) in [5.41, 5.74) is 2.10. The number of nitrogens with zero attached hydrogens (tertiary/aromatic N) is 3. The first-order chi connectivity index (χ1) is 11.9. The summed E-state index contributed by atoms with van der Waals surface area (Å²) in [7, 11) is 1.94. The molecule has 2 heterocycles. The van der Waals surface area contributed by atoms with Crippen molar-refractivity contribution in [1.29, 1.82) is 5.26 Å². The van der Waals surface area contributed by atoms with Crippen LogP contribution >= 0.6 is 11.9 Å². The Bertz CT molecular complexity index is 776. The molecule has 1 fully saturated rings. The van der Waals surface area contributed by atoms with Crippen LogP contribution in [0.3, 0.4) is 0 Å². The van der Waals surface area contributed by atoms with E-state index in [2.05, 4.69) is 25.7 Å². The highest BCUT2D eigenvalue weighted by atomic mass is 32.2. The fourth-order valence-electron chi connectivity index (χ4n) is 2.98. The summed E-state index contributed by atoms with van der Waals surface area (Å²) in [5, 5.41) is 10.3. The molecule has 2 aromatic heterocycles. The molecule has 5 nitrogen and oxygen atoms in total. The molecule has 0 bridgehead atoms. The number of alkyl halides is 3. The largest absolute Gasteiger partial charge is 0.389 e. The molecule has 0 amide bonds. The van der Waals surface area contributed by atoms with Gasteiger partial charge in [0.15, 0.2) is 0 Å². The molecule has 0 atom stereocenters. The average molecular weight is 369 g/mol. The highest BCUT2D eigenvalue weighted by Crippen LogP contribution is 2.35. The first kappa shape index (κ1) is 17.9. The predicted octanol–water partition coefficient (Wildman–Crippen LogP) is 3.59. The zero-order valence-electron chi connectivity index (χ0n) is 13.6. The minimum Gasteiger partial charge on any atom is -0.370 e. The van der Waals surface area contributed by atoms with Crippen LogP contribution in [0.1, 0.15) is 24.8 Å². The van der Waals surface area contributed by atoms with E-state index in [1.165, 1.54) is 0 Å². The Hall–Kier alpha value is -1.92. The number of rotatable bonds is 6. The molecule has 134 valence electrons. The topological polar surface area (TPSA) is 67.7 Å². The third kappa shape index (κ3) is 4.02. The lowest BCUT2D eigenvalue weighted by molar-refractivity contribution is -0.129. The third-order valence-electron chi connectivity index (χ3n) is 4.43. The molecule has 0 saturated heterocycles. The second-order valence-electron chi connectivity index (χ2n) is 6.14. The normalized spacial score (nSPS) is 20.3. The van der Waals surface area contributed by atoms with Crippen LogP contribution in [-0.4, -0.2) is 41.0 Å². The van der Waals surface area contributed by atoms with Crippen molar-refractivity contribution in [3.63, 3.8) is 0 Å². The van der Waals surface area contributed by atoms with E-state index in [0.717, 1.165) is 41.5 Å². The van der Waals surface area contributed by atoms with Crippen LogP contribution in [0, 0.1) is 11.3 Å². The summed E-state index contributed by atoms with van der Waals surface area (Å²) in [6.45, 7) is 0. The number of anilines is 1. The van der Waals surface area contributed by atoms with Gasteiger partial charge in [0.1, 0.15) is 11.7 Å². The molecule has 3 rings (SSSR count). The standard InChI is InChI=1S/C16H18F3N5S/c1-24(12-6-11(7-12)23-25-5-3-16(17,18)19)14-10(8-20)9-22-15-13(14)2-4-21-15/h2,4,9,11-12,23H,3,5-7H2,1H3,(H,21,22). The molecule has 0 aliphatic heterocycles. The summed E-state index contributed by atoms with van der Waals surface area (Å²) in [5.74, 6) is 0.0212. The number of hydrogen-bond acceptors (Lipinski definition) is 5. The third-order valence-corrected chi connectivity index (χ3v) is 5.34. The van der Waals surface area contributed by atoms with E-state index in [4.69, 9.17) is 0 Å². The zero-order chi connectivity index (χ0) is 18.0. The first-order valence-corrected chi connectivity index (χ1v) is 8.90. The minimum absolute atomic E-state index is 0.0212. The Kier molecular flexibility index (Phi) is 5.11. The van der Waals surface area contributed by atoms with E-state index in [0.29, 0.717) is 5.56 Å².